The summed E-state index contributed by atoms with van der Waals surface area (Å²) in [6, 6.07) is 2.69. The van der Waals surface area contributed by atoms with E-state index >= 15 is 0 Å². The highest BCUT2D eigenvalue weighted by Gasteiger charge is 2.37. The second-order valence-corrected chi connectivity index (χ2v) is 5.88. The number of hydrogen-bond donors (Lipinski definition) is 0. The lowest BCUT2D eigenvalue weighted by Gasteiger charge is -2.29. The van der Waals surface area contributed by atoms with E-state index in [1.165, 1.54) is 27.3 Å². The smallest absolute Gasteiger partial charge is 0.333 e. The molecule has 24 heavy (non-hydrogen) atoms. The lowest BCUT2D eigenvalue weighted by atomic mass is 10.1. The second kappa shape index (κ2) is 7.04. The Morgan fingerprint density at radius 2 is 1.67 bits per heavy atom. The van der Waals surface area contributed by atoms with Crippen LogP contribution in [0.5, 0.6) is 11.5 Å². The fourth-order valence-corrected chi connectivity index (χ4v) is 2.66. The highest BCUT2D eigenvalue weighted by molar-refractivity contribution is 9.10. The van der Waals surface area contributed by atoms with Gasteiger partial charge in [-0.1, -0.05) is 15.9 Å². The number of carbonyl (C=O) groups excluding carboxylic acids is 3. The van der Waals surface area contributed by atoms with Crippen molar-refractivity contribution in [1.29, 1.82) is 0 Å². The zero-order chi connectivity index (χ0) is 18.0. The van der Waals surface area contributed by atoms with E-state index in [1.807, 2.05) is 6.92 Å². The van der Waals surface area contributed by atoms with Crippen LogP contribution in [0, 0.1) is 0 Å². The third kappa shape index (κ3) is 3.14. The Morgan fingerprint density at radius 1 is 1.08 bits per heavy atom. The fraction of sp³-hybridized carbons (Fsp3) is 0.312. The molecule has 0 aliphatic carbocycles. The summed E-state index contributed by atoms with van der Waals surface area (Å²) in [5, 5.41) is 0. The molecule has 1 aliphatic heterocycles. The number of methoxy groups -OCH3 is 1. The summed E-state index contributed by atoms with van der Waals surface area (Å²) in [4.78, 5) is 38.1. The standard InChI is InChI=1S/C16H17BrN2O5/c1-5-24-13-7-9(11(17)8-12(13)23-4)6-10-14(20)18(2)16(22)19(3)15(10)21/h6-8H,5H2,1-4H3. The van der Waals surface area contributed by atoms with E-state index in [-0.39, 0.29) is 5.57 Å². The third-order valence-electron chi connectivity index (χ3n) is 3.53. The molecule has 0 saturated carbocycles. The summed E-state index contributed by atoms with van der Waals surface area (Å²) in [6.07, 6.45) is 1.43. The largest absolute Gasteiger partial charge is 0.493 e. The van der Waals surface area contributed by atoms with Crippen LogP contribution >= 0.6 is 15.9 Å². The Labute approximate surface area is 147 Å². The van der Waals surface area contributed by atoms with Crippen molar-refractivity contribution < 1.29 is 23.9 Å². The van der Waals surface area contributed by atoms with Gasteiger partial charge in [0.05, 0.1) is 13.7 Å². The van der Waals surface area contributed by atoms with Crippen LogP contribution in [0.1, 0.15) is 12.5 Å². The Bertz CT molecular complexity index is 718. The Morgan fingerprint density at radius 3 is 2.17 bits per heavy atom. The number of carbonyl (C=O) groups is 3. The van der Waals surface area contributed by atoms with Gasteiger partial charge in [-0.15, -0.1) is 0 Å². The first-order valence-electron chi connectivity index (χ1n) is 7.13. The van der Waals surface area contributed by atoms with E-state index in [2.05, 4.69) is 15.9 Å². The molecule has 0 spiro atoms. The molecule has 0 N–H and O–H groups in total. The molecule has 1 aromatic carbocycles. The molecule has 0 atom stereocenters. The van der Waals surface area contributed by atoms with Crippen LogP contribution in [-0.2, 0) is 9.59 Å². The van der Waals surface area contributed by atoms with E-state index < -0.39 is 17.8 Å². The first-order valence-corrected chi connectivity index (χ1v) is 7.93. The normalized spacial score (nSPS) is 15.0. The zero-order valence-corrected chi connectivity index (χ0v) is 15.3. The van der Waals surface area contributed by atoms with Gasteiger partial charge in [0.15, 0.2) is 11.5 Å². The lowest BCUT2D eigenvalue weighted by molar-refractivity contribution is -0.134. The van der Waals surface area contributed by atoms with Crippen LogP contribution in [-0.4, -0.2) is 55.5 Å². The SMILES string of the molecule is CCOc1cc(C=C2C(=O)N(C)C(=O)N(C)C2=O)c(Br)cc1OC. The molecule has 0 aromatic heterocycles. The first kappa shape index (κ1) is 18.0. The minimum atomic E-state index is -0.661. The van der Waals surface area contributed by atoms with Crippen molar-refractivity contribution in [3.63, 3.8) is 0 Å². The van der Waals surface area contributed by atoms with Crippen molar-refractivity contribution in [2.45, 2.75) is 6.92 Å². The number of urea groups is 1. The van der Waals surface area contributed by atoms with Crippen molar-refractivity contribution in [2.24, 2.45) is 0 Å². The lowest BCUT2D eigenvalue weighted by Crippen LogP contribution is -2.52. The van der Waals surface area contributed by atoms with Crippen LogP contribution in [0.25, 0.3) is 6.08 Å². The summed E-state index contributed by atoms with van der Waals surface area (Å²) in [5.74, 6) is -0.285. The number of amides is 4. The molecule has 1 aromatic rings. The quantitative estimate of drug-likeness (QED) is 0.576. The van der Waals surface area contributed by atoms with E-state index in [4.69, 9.17) is 9.47 Å². The molecular formula is C16H17BrN2O5. The summed E-state index contributed by atoms with van der Waals surface area (Å²) in [5.41, 5.74) is 0.458. The van der Waals surface area contributed by atoms with Gasteiger partial charge in [-0.05, 0) is 30.7 Å². The first-order chi connectivity index (χ1) is 11.3. The van der Waals surface area contributed by atoms with Gasteiger partial charge in [-0.3, -0.25) is 19.4 Å². The van der Waals surface area contributed by atoms with Gasteiger partial charge in [-0.25, -0.2) is 4.79 Å². The zero-order valence-electron chi connectivity index (χ0n) is 13.8. The molecular weight excluding hydrogens is 380 g/mol. The van der Waals surface area contributed by atoms with E-state index in [1.54, 1.807) is 12.1 Å². The van der Waals surface area contributed by atoms with E-state index in [0.717, 1.165) is 9.80 Å². The number of ether oxygens (including phenoxy) is 2. The van der Waals surface area contributed by atoms with Gasteiger partial charge in [0.1, 0.15) is 5.57 Å². The van der Waals surface area contributed by atoms with Crippen molar-refractivity contribution in [3.8, 4) is 11.5 Å². The van der Waals surface area contributed by atoms with Crippen molar-refractivity contribution in [1.82, 2.24) is 9.80 Å². The molecule has 7 nitrogen and oxygen atoms in total. The van der Waals surface area contributed by atoms with Crippen molar-refractivity contribution >= 4 is 39.9 Å². The minimum Gasteiger partial charge on any atom is -0.493 e. The molecule has 8 heteroatoms. The highest BCUT2D eigenvalue weighted by atomic mass is 79.9. The average molecular weight is 397 g/mol. The number of barbiturate groups is 1. The van der Waals surface area contributed by atoms with Crippen LogP contribution in [0.15, 0.2) is 22.2 Å². The summed E-state index contributed by atoms with van der Waals surface area (Å²) >= 11 is 3.39. The molecule has 0 radical (unpaired) electrons. The molecule has 0 bridgehead atoms. The number of hydrogen-bond acceptors (Lipinski definition) is 5. The van der Waals surface area contributed by atoms with Gasteiger partial charge in [0.25, 0.3) is 11.8 Å². The van der Waals surface area contributed by atoms with Crippen molar-refractivity contribution in [3.05, 3.63) is 27.7 Å². The maximum Gasteiger partial charge on any atom is 0.333 e. The topological polar surface area (TPSA) is 76.2 Å². The van der Waals surface area contributed by atoms with Crippen LogP contribution in [0.4, 0.5) is 4.79 Å². The van der Waals surface area contributed by atoms with E-state index in [0.29, 0.717) is 28.1 Å². The molecule has 1 heterocycles. The summed E-state index contributed by atoms with van der Waals surface area (Å²) in [7, 11) is 4.18. The van der Waals surface area contributed by atoms with Crippen LogP contribution in [0.2, 0.25) is 0 Å². The number of imide groups is 2. The molecule has 1 saturated heterocycles. The second-order valence-electron chi connectivity index (χ2n) is 5.03. The summed E-state index contributed by atoms with van der Waals surface area (Å²) < 4.78 is 11.4. The Balaban J connectivity index is 2.53. The average Bonchev–Trinajstić information content (AvgIpc) is 2.57. The number of rotatable bonds is 4. The van der Waals surface area contributed by atoms with Gasteiger partial charge < -0.3 is 9.47 Å². The predicted molar refractivity (Wildman–Crippen MR) is 90.8 cm³/mol. The maximum atomic E-state index is 12.3. The summed E-state index contributed by atoms with van der Waals surface area (Å²) in [6.45, 7) is 2.27. The van der Waals surface area contributed by atoms with Gasteiger partial charge >= 0.3 is 6.03 Å². The highest BCUT2D eigenvalue weighted by Crippen LogP contribution is 2.35. The fourth-order valence-electron chi connectivity index (χ4n) is 2.22. The monoisotopic (exact) mass is 396 g/mol. The van der Waals surface area contributed by atoms with Gasteiger partial charge in [-0.2, -0.15) is 0 Å². The molecule has 0 unspecified atom stereocenters. The number of nitrogens with zero attached hydrogens (tertiary/aromatic N) is 2. The Kier molecular flexibility index (Phi) is 5.28. The van der Waals surface area contributed by atoms with Gasteiger partial charge in [0.2, 0.25) is 0 Å². The number of halogens is 1. The van der Waals surface area contributed by atoms with Crippen LogP contribution in [0.3, 0.4) is 0 Å². The molecule has 128 valence electrons. The molecule has 4 amide bonds. The third-order valence-corrected chi connectivity index (χ3v) is 4.21. The van der Waals surface area contributed by atoms with E-state index in [9.17, 15) is 14.4 Å². The number of likely N-dealkylation sites (N-methyl/N-ethyl adjacent to an activating group) is 2. The Hall–Kier alpha value is -2.35. The maximum absolute atomic E-state index is 12.3. The van der Waals surface area contributed by atoms with Gasteiger partial charge in [0, 0.05) is 18.6 Å². The molecule has 1 fully saturated rings. The molecule has 1 aliphatic rings. The predicted octanol–water partition coefficient (Wildman–Crippen LogP) is 2.29. The minimum absolute atomic E-state index is 0.104. The molecule has 2 rings (SSSR count). The van der Waals surface area contributed by atoms with Crippen molar-refractivity contribution in [2.75, 3.05) is 27.8 Å². The van der Waals surface area contributed by atoms with Crippen LogP contribution < -0.4 is 9.47 Å². The number of benzene rings is 1.